The Balaban J connectivity index is 1.20. The van der Waals surface area contributed by atoms with Gasteiger partial charge in [-0.2, -0.15) is 0 Å². The second kappa shape index (κ2) is 12.8. The molecule has 0 saturated carbocycles. The summed E-state index contributed by atoms with van der Waals surface area (Å²) >= 11 is 1.23. The van der Waals surface area contributed by atoms with Crippen molar-refractivity contribution < 1.29 is 44.2 Å². The van der Waals surface area contributed by atoms with Gasteiger partial charge in [0.2, 0.25) is 0 Å². The first-order valence-corrected chi connectivity index (χ1v) is 18.2. The molecule has 0 spiro atoms. The Kier molecular flexibility index (Phi) is 3.32. The van der Waals surface area contributed by atoms with E-state index in [0.29, 0.717) is 22.7 Å². The molecule has 0 aliphatic rings. The van der Waals surface area contributed by atoms with Gasteiger partial charge < -0.3 is 4.42 Å². The van der Waals surface area contributed by atoms with Crippen LogP contribution < -0.4 is 0 Å². The Morgan fingerprint density at radius 2 is 0.982 bits per heavy atom. The monoisotopic (exact) mass is 792 g/mol. The maximum atomic E-state index is 10.1. The van der Waals surface area contributed by atoms with Gasteiger partial charge in [-0.25, -0.2) is 15.0 Å². The molecule has 6 heteroatoms. The predicted octanol–water partition coefficient (Wildman–Crippen LogP) is 14.8. The highest BCUT2D eigenvalue weighted by Gasteiger charge is 2.20. The van der Waals surface area contributed by atoms with Gasteiger partial charge in [-0.15, -0.1) is 22.7 Å². The smallest absolute Gasteiger partial charge is 0.164 e. The number of para-hydroxylation sites is 1. The van der Waals surface area contributed by atoms with Crippen molar-refractivity contribution in [1.29, 1.82) is 0 Å². The van der Waals surface area contributed by atoms with E-state index in [1.54, 1.807) is 0 Å². The summed E-state index contributed by atoms with van der Waals surface area (Å²) in [5.74, 6) is -2.24. The molecule has 12 rings (SSSR count). The van der Waals surface area contributed by atoms with Gasteiger partial charge in [-0.1, -0.05) is 133 Å². The van der Waals surface area contributed by atoms with Gasteiger partial charge in [0.05, 0.1) is 39.8 Å². The van der Waals surface area contributed by atoms with Crippen molar-refractivity contribution in [3.63, 3.8) is 0 Å². The minimum absolute atomic E-state index is 0.123. The number of hydrogen-bond donors (Lipinski definition) is 0. The molecule has 0 fully saturated rings. The summed E-state index contributed by atoms with van der Waals surface area (Å²) < 4.78 is 265. The molecule has 4 aromatic heterocycles. The molecule has 4 nitrogen and oxygen atoms in total. The largest absolute Gasteiger partial charge is 0.455 e. The molecule has 266 valence electrons. The van der Waals surface area contributed by atoms with E-state index in [1.165, 1.54) is 0 Å². The lowest BCUT2D eigenvalue weighted by molar-refractivity contribution is 0.670. The first-order valence-electron chi connectivity index (χ1n) is 31.1. The molecule has 0 bridgehead atoms. The first-order chi connectivity index (χ1) is 40.3. The van der Waals surface area contributed by atoms with Crippen LogP contribution in [-0.4, -0.2) is 15.0 Å². The number of rotatable bonds is 5. The standard InChI is InChI=1S/C51H29N3OS2/c1-3-12-30(13-4-1)49-52-50(31-14-5-2-6-15-31)54-51(53-49)33-22-24-37-40-26-32(23-25-45(40)56-46(37)29-33)34-27-41-35-16-7-9-20-43(35)55-47(41)42(28-34)39-19-11-18-38-36-17-8-10-21-44(36)57-48(38)39/h1-29H/i1D,2D,3D,4D,5D,6D,7D,8D,9D,10D,11D,12D,13D,14D,15D,16D,17D,18D,19D,20D,21D,22D,23D,24D,25D,26D,27D,28D,29D. The minimum atomic E-state index is -0.902. The molecule has 0 aliphatic heterocycles. The number of aromatic nitrogens is 3. The lowest BCUT2D eigenvalue weighted by atomic mass is 9.94. The first kappa shape index (κ1) is 14.8. The third kappa shape index (κ3) is 5.30. The van der Waals surface area contributed by atoms with E-state index < -0.39 is 259 Å². The van der Waals surface area contributed by atoms with Gasteiger partial charge in [-0.3, -0.25) is 0 Å². The molecule has 12 aromatic rings. The Bertz CT molecular complexity index is 5100. The maximum absolute atomic E-state index is 10.1. The van der Waals surface area contributed by atoms with E-state index in [1.807, 2.05) is 0 Å². The fourth-order valence-electron chi connectivity index (χ4n) is 6.32. The van der Waals surface area contributed by atoms with Crippen LogP contribution in [0, 0.1) is 0 Å². The van der Waals surface area contributed by atoms with Crippen LogP contribution in [0.3, 0.4) is 0 Å². The van der Waals surface area contributed by atoms with E-state index in [-0.39, 0.29) is 35.0 Å². The number of furan rings is 1. The van der Waals surface area contributed by atoms with Gasteiger partial charge in [0.25, 0.3) is 0 Å². The summed E-state index contributed by atoms with van der Waals surface area (Å²) in [5.41, 5.74) is -5.51. The second-order valence-corrected chi connectivity index (χ2v) is 14.1. The fourth-order valence-corrected chi connectivity index (χ4v) is 8.36. The van der Waals surface area contributed by atoms with Gasteiger partial charge in [0.15, 0.2) is 17.5 Å². The van der Waals surface area contributed by atoms with Crippen LogP contribution in [0.4, 0.5) is 0 Å². The molecule has 57 heavy (non-hydrogen) atoms. The number of benzene rings is 8. The van der Waals surface area contributed by atoms with Crippen LogP contribution in [0.2, 0.25) is 0 Å². The summed E-state index contributed by atoms with van der Waals surface area (Å²) in [5, 5.41) is -2.18. The van der Waals surface area contributed by atoms with Crippen molar-refractivity contribution in [2.75, 3.05) is 0 Å². The molecule has 0 saturated heterocycles. The van der Waals surface area contributed by atoms with Gasteiger partial charge in [0.1, 0.15) is 11.2 Å². The lowest BCUT2D eigenvalue weighted by Gasteiger charge is -2.10. The van der Waals surface area contributed by atoms with Gasteiger partial charge in [0, 0.05) is 78.9 Å². The van der Waals surface area contributed by atoms with Crippen molar-refractivity contribution in [1.82, 2.24) is 15.0 Å². The molecule has 4 heterocycles. The number of nitrogens with zero attached hydrogens (tertiary/aromatic N) is 3. The SMILES string of the molecule is [2H]c1c([2H])c([2H])c(-c2nc(-c3c([2H])c([2H])c([2H])c([2H])c3[2H])nc(-c3c([2H])c([2H])c4c(sc5c([2H])c([2H])c(-c6c([2H])c(-c7c([2H])c([2H])c([2H])c8c7sc7c([2H])c([2H])c([2H])c([2H])c78)c7oc8c([2H])c([2H])c([2H])c([2H])c8c7c6[2H])c([2H])c54)c3[2H])n2)c([2H])c1[2H]. The fraction of sp³-hybridized carbons (Fsp3) is 0. The predicted molar refractivity (Wildman–Crippen MR) is 240 cm³/mol. The van der Waals surface area contributed by atoms with Gasteiger partial charge in [-0.05, 0) is 53.4 Å². The summed E-state index contributed by atoms with van der Waals surface area (Å²) in [4.78, 5) is 12.9. The summed E-state index contributed by atoms with van der Waals surface area (Å²) in [6, 6.07) is -22.9. The molecule has 0 N–H and O–H groups in total. The summed E-state index contributed by atoms with van der Waals surface area (Å²) in [6.07, 6.45) is 0. The Hall–Kier alpha value is -6.99. The third-order valence-electron chi connectivity index (χ3n) is 8.81. The average Bonchev–Trinajstić information content (AvgIpc) is 1.52. The molecule has 8 aromatic carbocycles. The average molecular weight is 793 g/mol. The molecular formula is C51H29N3OS2. The molecular weight excluding hydrogens is 735 g/mol. The van der Waals surface area contributed by atoms with E-state index in [2.05, 4.69) is 15.0 Å². The lowest BCUT2D eigenvalue weighted by Crippen LogP contribution is -1.99. The molecule has 0 radical (unpaired) electrons. The number of hydrogen-bond acceptors (Lipinski definition) is 6. The Labute approximate surface area is 375 Å². The van der Waals surface area contributed by atoms with Crippen molar-refractivity contribution >= 4 is 85.0 Å². The summed E-state index contributed by atoms with van der Waals surface area (Å²) in [7, 11) is 0. The van der Waals surface area contributed by atoms with Crippen LogP contribution in [0.15, 0.2) is 180 Å². The molecule has 0 atom stereocenters. The molecule has 0 amide bonds. The van der Waals surface area contributed by atoms with Crippen LogP contribution in [0.1, 0.15) is 39.8 Å². The van der Waals surface area contributed by atoms with E-state index in [9.17, 15) is 12.3 Å². The highest BCUT2D eigenvalue weighted by atomic mass is 32.1. The van der Waals surface area contributed by atoms with Crippen LogP contribution in [-0.2, 0) is 0 Å². The minimum Gasteiger partial charge on any atom is -0.455 e. The molecule has 0 unspecified atom stereocenters. The zero-order valence-electron chi connectivity index (χ0n) is 57.1. The van der Waals surface area contributed by atoms with Crippen molar-refractivity contribution in [2.24, 2.45) is 0 Å². The Morgan fingerprint density at radius 3 is 1.77 bits per heavy atom. The normalized spacial score (nSPS) is 19.0. The summed E-state index contributed by atoms with van der Waals surface area (Å²) in [6.45, 7) is 0. The van der Waals surface area contributed by atoms with Crippen molar-refractivity contribution in [2.45, 2.75) is 0 Å². The van der Waals surface area contributed by atoms with E-state index >= 15 is 0 Å². The molecule has 0 aliphatic carbocycles. The maximum Gasteiger partial charge on any atom is 0.164 e. The van der Waals surface area contributed by atoms with Crippen LogP contribution in [0.25, 0.3) is 119 Å². The Morgan fingerprint density at radius 1 is 0.368 bits per heavy atom. The quantitative estimate of drug-likeness (QED) is 0.174. The highest BCUT2D eigenvalue weighted by molar-refractivity contribution is 7.26. The van der Waals surface area contributed by atoms with Crippen LogP contribution in [0.5, 0.6) is 0 Å². The van der Waals surface area contributed by atoms with Crippen molar-refractivity contribution in [3.8, 4) is 56.4 Å². The van der Waals surface area contributed by atoms with E-state index in [4.69, 9.17) is 31.8 Å². The zero-order valence-corrected chi connectivity index (χ0v) is 29.7. The highest BCUT2D eigenvalue weighted by Crippen LogP contribution is 2.46. The van der Waals surface area contributed by atoms with Crippen LogP contribution >= 0.6 is 22.7 Å². The van der Waals surface area contributed by atoms with Crippen molar-refractivity contribution in [3.05, 3.63) is 175 Å². The third-order valence-corrected chi connectivity index (χ3v) is 11.0. The number of thiophene rings is 2. The zero-order chi connectivity index (χ0) is 62.7. The second-order valence-electron chi connectivity index (χ2n) is 12.1. The van der Waals surface area contributed by atoms with E-state index in [0.717, 1.165) is 0 Å². The van der Waals surface area contributed by atoms with Gasteiger partial charge >= 0.3 is 0 Å². The topological polar surface area (TPSA) is 51.8 Å². The number of fused-ring (bicyclic) bond motifs is 9.